The molecule has 0 radical (unpaired) electrons. The highest BCUT2D eigenvalue weighted by Crippen LogP contribution is 2.17. The van der Waals surface area contributed by atoms with Crippen LogP contribution in [0.4, 0.5) is 5.69 Å². The summed E-state index contributed by atoms with van der Waals surface area (Å²) < 4.78 is 4.69. The Balaban J connectivity index is 3.10. The number of benzene rings is 1. The van der Waals surface area contributed by atoms with Gasteiger partial charge in [-0.1, -0.05) is 12.1 Å². The monoisotopic (exact) mass is 209 g/mol. The minimum atomic E-state index is -0.360. The minimum absolute atomic E-state index is 0.360. The zero-order valence-corrected chi connectivity index (χ0v) is 9.07. The van der Waals surface area contributed by atoms with Crippen molar-refractivity contribution in [1.29, 1.82) is 0 Å². The Hall–Kier alpha value is -1.59. The number of methoxy groups -OCH3 is 1. The van der Waals surface area contributed by atoms with Crippen LogP contribution in [0.25, 0.3) is 0 Å². The van der Waals surface area contributed by atoms with Gasteiger partial charge >= 0.3 is 5.97 Å². The molecule has 0 bridgehead atoms. The number of nitrogens with one attached hydrogen (secondary N) is 2. The molecule has 0 heterocycles. The lowest BCUT2D eigenvalue weighted by Crippen LogP contribution is -2.45. The van der Waals surface area contributed by atoms with Gasteiger partial charge in [0.05, 0.1) is 18.4 Å². The molecule has 0 aliphatic carbocycles. The van der Waals surface area contributed by atoms with Crippen molar-refractivity contribution in [2.24, 2.45) is 0 Å². The molecule has 0 aliphatic heterocycles. The molecule has 5 heteroatoms. The van der Waals surface area contributed by atoms with Crippen LogP contribution in [0, 0.1) is 0 Å². The molecule has 0 fully saturated rings. The summed E-state index contributed by atoms with van der Waals surface area (Å²) in [5, 5.41) is 1.63. The van der Waals surface area contributed by atoms with E-state index in [9.17, 15) is 4.79 Å². The fraction of sp³-hybridized carbons (Fsp3) is 0.300. The summed E-state index contributed by atoms with van der Waals surface area (Å²) >= 11 is 0. The summed E-state index contributed by atoms with van der Waals surface area (Å²) in [7, 11) is 4.87. The van der Waals surface area contributed by atoms with Crippen LogP contribution in [0.3, 0.4) is 0 Å². The van der Waals surface area contributed by atoms with Crippen LogP contribution in [0.5, 0.6) is 0 Å². The van der Waals surface area contributed by atoms with Gasteiger partial charge in [-0.3, -0.25) is 0 Å². The average Bonchev–Trinajstić information content (AvgIpc) is 2.30. The molecule has 1 rings (SSSR count). The maximum Gasteiger partial charge on any atom is 0.340 e. The first-order chi connectivity index (χ1) is 7.24. The van der Waals surface area contributed by atoms with Gasteiger partial charge in [-0.05, 0) is 12.1 Å². The average molecular weight is 209 g/mol. The zero-order valence-electron chi connectivity index (χ0n) is 9.07. The molecule has 5 nitrogen and oxygen atoms in total. The van der Waals surface area contributed by atoms with Crippen molar-refractivity contribution < 1.29 is 9.53 Å². The summed E-state index contributed by atoms with van der Waals surface area (Å²) in [6.45, 7) is 0. The van der Waals surface area contributed by atoms with Crippen LogP contribution in [0.1, 0.15) is 10.4 Å². The molecule has 0 aromatic heterocycles. The van der Waals surface area contributed by atoms with Crippen molar-refractivity contribution in [3.8, 4) is 0 Å². The molecule has 82 valence electrons. The summed E-state index contributed by atoms with van der Waals surface area (Å²) in [5.41, 5.74) is 7.02. The van der Waals surface area contributed by atoms with Crippen molar-refractivity contribution in [2.45, 2.75) is 0 Å². The first-order valence-corrected chi connectivity index (χ1v) is 4.56. The molecular weight excluding hydrogens is 194 g/mol. The van der Waals surface area contributed by atoms with E-state index in [0.717, 1.165) is 0 Å². The number of hydrogen-bond acceptors (Lipinski definition) is 5. The van der Waals surface area contributed by atoms with E-state index in [1.54, 1.807) is 31.3 Å². The number of carbonyl (C=O) groups is 1. The molecule has 0 amide bonds. The highest BCUT2D eigenvalue weighted by atomic mass is 16.5. The second-order valence-corrected chi connectivity index (χ2v) is 2.79. The topological polar surface area (TPSA) is 53.6 Å². The summed E-state index contributed by atoms with van der Waals surface area (Å²) in [5.74, 6) is -0.360. The number of anilines is 1. The lowest BCUT2D eigenvalue weighted by Gasteiger charge is -2.23. The Morgan fingerprint density at radius 2 is 1.87 bits per heavy atom. The van der Waals surface area contributed by atoms with Crippen LogP contribution < -0.4 is 16.0 Å². The van der Waals surface area contributed by atoms with Gasteiger partial charge in [0.2, 0.25) is 0 Å². The zero-order chi connectivity index (χ0) is 11.3. The van der Waals surface area contributed by atoms with Crippen molar-refractivity contribution in [1.82, 2.24) is 10.9 Å². The first-order valence-electron chi connectivity index (χ1n) is 4.56. The van der Waals surface area contributed by atoms with Crippen molar-refractivity contribution in [3.05, 3.63) is 29.8 Å². The number of rotatable bonds is 4. The molecule has 2 N–H and O–H groups in total. The molecule has 0 atom stereocenters. The third kappa shape index (κ3) is 2.45. The van der Waals surface area contributed by atoms with Gasteiger partial charge in [0.1, 0.15) is 0 Å². The second kappa shape index (κ2) is 5.33. The molecule has 1 aromatic rings. The van der Waals surface area contributed by atoms with E-state index in [-0.39, 0.29) is 5.97 Å². The van der Waals surface area contributed by atoms with Crippen molar-refractivity contribution in [3.63, 3.8) is 0 Å². The van der Waals surface area contributed by atoms with E-state index in [4.69, 9.17) is 4.74 Å². The number of hydrazine groups is 2. The maximum absolute atomic E-state index is 11.5. The van der Waals surface area contributed by atoms with Crippen LogP contribution >= 0.6 is 0 Å². The van der Waals surface area contributed by atoms with Gasteiger partial charge in [-0.15, -0.1) is 0 Å². The predicted octanol–water partition coefficient (Wildman–Crippen LogP) is 0.548. The molecule has 1 aromatic carbocycles. The maximum atomic E-state index is 11.5. The molecule has 15 heavy (non-hydrogen) atoms. The molecule has 0 saturated carbocycles. The molecular formula is C10H15N3O2. The van der Waals surface area contributed by atoms with Gasteiger partial charge in [-0.25, -0.2) is 20.8 Å². The fourth-order valence-corrected chi connectivity index (χ4v) is 1.30. The van der Waals surface area contributed by atoms with Gasteiger partial charge in [-0.2, -0.15) is 0 Å². The quantitative estimate of drug-likeness (QED) is 0.560. The third-order valence-electron chi connectivity index (χ3n) is 2.00. The lowest BCUT2D eigenvalue weighted by atomic mass is 10.2. The Morgan fingerprint density at radius 3 is 2.40 bits per heavy atom. The number of ether oxygens (including phenoxy) is 1. The summed E-state index contributed by atoms with van der Waals surface area (Å²) in [4.78, 5) is 11.5. The normalized spacial score (nSPS) is 9.80. The molecule has 0 saturated heterocycles. The number of para-hydroxylation sites is 1. The van der Waals surface area contributed by atoms with E-state index < -0.39 is 0 Å². The second-order valence-electron chi connectivity index (χ2n) is 2.79. The number of hydrogen-bond donors (Lipinski definition) is 2. The van der Waals surface area contributed by atoms with E-state index in [2.05, 4.69) is 10.9 Å². The minimum Gasteiger partial charge on any atom is -0.465 e. The van der Waals surface area contributed by atoms with Crippen LogP contribution in [-0.4, -0.2) is 27.2 Å². The fourth-order valence-electron chi connectivity index (χ4n) is 1.30. The highest BCUT2D eigenvalue weighted by Gasteiger charge is 2.14. The summed E-state index contributed by atoms with van der Waals surface area (Å²) in [6, 6.07) is 7.17. The number of carbonyl (C=O) groups excluding carboxylic acids is 1. The first kappa shape index (κ1) is 11.5. The van der Waals surface area contributed by atoms with Crippen LogP contribution in [-0.2, 0) is 4.74 Å². The predicted molar refractivity (Wildman–Crippen MR) is 58.4 cm³/mol. The molecule has 0 spiro atoms. The Bertz CT molecular complexity index is 337. The van der Waals surface area contributed by atoms with Gasteiger partial charge in [0.25, 0.3) is 0 Å². The van der Waals surface area contributed by atoms with Gasteiger partial charge in [0, 0.05) is 14.1 Å². The lowest BCUT2D eigenvalue weighted by molar-refractivity contribution is 0.0601. The Kier molecular flexibility index (Phi) is 4.08. The van der Waals surface area contributed by atoms with Crippen LogP contribution in [0.2, 0.25) is 0 Å². The molecule has 0 aliphatic rings. The number of nitrogens with zero attached hydrogens (tertiary/aromatic N) is 1. The molecule has 0 unspecified atom stereocenters. The van der Waals surface area contributed by atoms with Crippen molar-refractivity contribution in [2.75, 3.05) is 26.3 Å². The van der Waals surface area contributed by atoms with Gasteiger partial charge < -0.3 is 4.74 Å². The largest absolute Gasteiger partial charge is 0.465 e. The smallest absolute Gasteiger partial charge is 0.340 e. The van der Waals surface area contributed by atoms with Gasteiger partial charge in [0.15, 0.2) is 0 Å². The SMILES string of the molecule is CNN(NC)c1ccccc1C(=O)OC. The van der Waals surface area contributed by atoms with E-state index in [1.807, 2.05) is 12.1 Å². The van der Waals surface area contributed by atoms with Crippen molar-refractivity contribution >= 4 is 11.7 Å². The van der Waals surface area contributed by atoms with E-state index in [1.165, 1.54) is 7.11 Å². The summed E-state index contributed by atoms with van der Waals surface area (Å²) in [6.07, 6.45) is 0. The number of esters is 1. The van der Waals surface area contributed by atoms with E-state index >= 15 is 0 Å². The Labute approximate surface area is 89.0 Å². The van der Waals surface area contributed by atoms with Crippen LogP contribution in [0.15, 0.2) is 24.3 Å². The van der Waals surface area contributed by atoms with E-state index in [0.29, 0.717) is 11.3 Å². The third-order valence-corrected chi connectivity index (χ3v) is 2.00. The standard InChI is InChI=1S/C10H15N3O2/c1-11-13(12-2)9-7-5-4-6-8(9)10(14)15-3/h4-7,11-12H,1-3H3. The Morgan fingerprint density at radius 1 is 1.27 bits per heavy atom. The highest BCUT2D eigenvalue weighted by molar-refractivity contribution is 5.95.